The van der Waals surface area contributed by atoms with E-state index in [4.69, 9.17) is 8.94 Å². The molecule has 0 saturated carbocycles. The average molecular weight is 131 g/mol. The molecule has 1 aliphatic rings. The van der Waals surface area contributed by atoms with Gasteiger partial charge in [0, 0.05) is 0 Å². The van der Waals surface area contributed by atoms with Crippen molar-refractivity contribution < 1.29 is 8.94 Å². The summed E-state index contributed by atoms with van der Waals surface area (Å²) in [4.78, 5) is 0. The van der Waals surface area contributed by atoms with Crippen LogP contribution < -0.4 is 0 Å². The molecule has 1 rings (SSSR count). The molecule has 0 aromatic heterocycles. The minimum atomic E-state index is 0.721. The van der Waals surface area contributed by atoms with Gasteiger partial charge in [-0.25, -0.2) is 0 Å². The van der Waals surface area contributed by atoms with Crippen LogP contribution in [0.2, 0.25) is 0 Å². The van der Waals surface area contributed by atoms with Crippen LogP contribution >= 0.6 is 12.2 Å². The Bertz CT molecular complexity index is 85.4. The maximum absolute atomic E-state index is 4.88. The van der Waals surface area contributed by atoms with Crippen molar-refractivity contribution >= 4 is 25.8 Å². The van der Waals surface area contributed by atoms with E-state index >= 15 is 0 Å². The molecule has 0 aliphatic carbocycles. The predicted molar refractivity (Wildman–Crippen MR) is 34.2 cm³/mol. The van der Waals surface area contributed by atoms with Gasteiger partial charge in [-0.3, -0.25) is 0 Å². The van der Waals surface area contributed by atoms with Gasteiger partial charge in [-0.15, -0.1) is 0 Å². The first kappa shape index (κ1) is 6.13. The fourth-order valence-corrected chi connectivity index (χ4v) is 0.910. The van der Waals surface area contributed by atoms with E-state index in [-0.39, 0.29) is 0 Å². The van der Waals surface area contributed by atoms with E-state index in [9.17, 15) is 0 Å². The zero-order chi connectivity index (χ0) is 5.82. The second-order valence-corrected chi connectivity index (χ2v) is 2.02. The van der Waals surface area contributed by atoms with Crippen LogP contribution in [0.1, 0.15) is 0 Å². The van der Waals surface area contributed by atoms with Crippen molar-refractivity contribution in [2.24, 2.45) is 0 Å². The quantitative estimate of drug-likeness (QED) is 0.295. The second kappa shape index (κ2) is 3.12. The first-order valence-corrected chi connectivity index (χ1v) is 2.98. The summed E-state index contributed by atoms with van der Waals surface area (Å²) in [5.41, 5.74) is 0. The molecule has 0 amide bonds. The normalized spacial score (nSPS) is 20.5. The number of hydrogen-bond donors (Lipinski definition) is 0. The SMILES string of the molecule is C=BON1CCOS1. The molecular weight excluding hydrogens is 125 g/mol. The molecule has 1 heterocycles. The van der Waals surface area contributed by atoms with Gasteiger partial charge in [-0.05, 0) is 0 Å². The molecule has 0 unspecified atom stereocenters. The van der Waals surface area contributed by atoms with Crippen LogP contribution in [0.25, 0.3) is 0 Å². The van der Waals surface area contributed by atoms with Crippen molar-refractivity contribution in [1.82, 2.24) is 4.47 Å². The van der Waals surface area contributed by atoms with Crippen LogP contribution in [0.5, 0.6) is 0 Å². The van der Waals surface area contributed by atoms with Gasteiger partial charge in [-0.1, -0.05) is 0 Å². The van der Waals surface area contributed by atoms with Crippen molar-refractivity contribution in [2.45, 2.75) is 0 Å². The van der Waals surface area contributed by atoms with Crippen molar-refractivity contribution in [1.29, 1.82) is 0 Å². The van der Waals surface area contributed by atoms with E-state index < -0.39 is 0 Å². The maximum atomic E-state index is 4.88. The fraction of sp³-hybridized carbons (Fsp3) is 0.667. The van der Waals surface area contributed by atoms with Gasteiger partial charge in [0.25, 0.3) is 0 Å². The van der Waals surface area contributed by atoms with Gasteiger partial charge in [-0.2, -0.15) is 0 Å². The molecule has 0 N–H and O–H groups in total. The van der Waals surface area contributed by atoms with Crippen LogP contribution in [0, 0.1) is 0 Å². The van der Waals surface area contributed by atoms with Crippen LogP contribution in [0.4, 0.5) is 0 Å². The Labute approximate surface area is 53.2 Å². The minimum absolute atomic E-state index is 0.721. The summed E-state index contributed by atoms with van der Waals surface area (Å²) in [6, 6.07) is 0. The number of nitrogens with zero attached hydrogens (tertiary/aromatic N) is 1. The Morgan fingerprint density at radius 2 is 2.75 bits per heavy atom. The van der Waals surface area contributed by atoms with Crippen molar-refractivity contribution in [3.8, 4) is 0 Å². The predicted octanol–water partition coefficient (Wildman–Crippen LogP) is -0.135. The van der Waals surface area contributed by atoms with E-state index in [0.717, 1.165) is 13.2 Å². The third kappa shape index (κ3) is 1.50. The van der Waals surface area contributed by atoms with Gasteiger partial charge >= 0.3 is 52.4 Å². The van der Waals surface area contributed by atoms with Crippen molar-refractivity contribution in [3.05, 3.63) is 0 Å². The Morgan fingerprint density at radius 1 is 1.88 bits per heavy atom. The zero-order valence-corrected chi connectivity index (χ0v) is 5.19. The summed E-state index contributed by atoms with van der Waals surface area (Å²) in [5.74, 6) is 0. The van der Waals surface area contributed by atoms with Gasteiger partial charge in [0.1, 0.15) is 0 Å². The number of rotatable bonds is 2. The topological polar surface area (TPSA) is 21.7 Å². The molecule has 0 aromatic rings. The monoisotopic (exact) mass is 131 g/mol. The van der Waals surface area contributed by atoms with E-state index in [2.05, 4.69) is 6.47 Å². The van der Waals surface area contributed by atoms with Gasteiger partial charge in [0.15, 0.2) is 0 Å². The van der Waals surface area contributed by atoms with Crippen LogP contribution in [0.3, 0.4) is 0 Å². The molecule has 0 atom stereocenters. The molecule has 1 fully saturated rings. The number of hydrogen-bond acceptors (Lipinski definition) is 4. The Morgan fingerprint density at radius 3 is 3.25 bits per heavy atom. The molecular formula is C3H6BNO2S. The first-order chi connectivity index (χ1) is 3.93. The second-order valence-electron chi connectivity index (χ2n) is 1.22. The standard InChI is InChI=1S/C3H6BNO2S/c1-4-7-5-2-3-6-8-5/h1-3H2. The van der Waals surface area contributed by atoms with Crippen LogP contribution in [-0.4, -0.2) is 31.2 Å². The van der Waals surface area contributed by atoms with E-state index in [0.29, 0.717) is 0 Å². The average Bonchev–Trinajstić information content (AvgIpc) is 2.19. The van der Waals surface area contributed by atoms with Crippen molar-refractivity contribution in [3.63, 3.8) is 0 Å². The third-order valence-corrected chi connectivity index (χ3v) is 1.39. The molecule has 1 aliphatic heterocycles. The molecule has 5 heteroatoms. The summed E-state index contributed by atoms with van der Waals surface area (Å²) in [6.07, 6.45) is 0. The van der Waals surface area contributed by atoms with Crippen molar-refractivity contribution in [2.75, 3.05) is 13.2 Å². The van der Waals surface area contributed by atoms with Gasteiger partial charge in [0.2, 0.25) is 0 Å². The van der Waals surface area contributed by atoms with E-state index in [1.807, 2.05) is 0 Å². The first-order valence-electron chi connectivity index (χ1n) is 2.28. The summed E-state index contributed by atoms with van der Waals surface area (Å²) >= 11 is 1.21. The molecule has 8 heavy (non-hydrogen) atoms. The summed E-state index contributed by atoms with van der Waals surface area (Å²) < 4.78 is 11.3. The number of hydroxylamine groups is 1. The molecule has 0 spiro atoms. The summed E-state index contributed by atoms with van der Waals surface area (Å²) in [7, 11) is 1.38. The Hall–Kier alpha value is 0.00494. The van der Waals surface area contributed by atoms with E-state index in [1.165, 1.54) is 19.4 Å². The molecule has 0 radical (unpaired) electrons. The molecule has 0 aromatic carbocycles. The third-order valence-electron chi connectivity index (χ3n) is 0.685. The van der Waals surface area contributed by atoms with E-state index in [1.54, 1.807) is 4.47 Å². The van der Waals surface area contributed by atoms with Gasteiger partial charge in [0.05, 0.1) is 0 Å². The molecule has 1 saturated heterocycles. The summed E-state index contributed by atoms with van der Waals surface area (Å²) in [5, 5.41) is 0. The molecule has 3 nitrogen and oxygen atoms in total. The van der Waals surface area contributed by atoms with Crippen LogP contribution in [0.15, 0.2) is 0 Å². The zero-order valence-electron chi connectivity index (χ0n) is 4.37. The Balaban J connectivity index is 2.14. The Kier molecular flexibility index (Phi) is 2.39. The van der Waals surface area contributed by atoms with Gasteiger partial charge < -0.3 is 0 Å². The summed E-state index contributed by atoms with van der Waals surface area (Å²) in [6.45, 7) is 4.91. The fourth-order valence-electron chi connectivity index (χ4n) is 0.399. The molecule has 0 bridgehead atoms. The molecule has 44 valence electrons. The van der Waals surface area contributed by atoms with Crippen LogP contribution in [-0.2, 0) is 8.94 Å².